The van der Waals surface area contributed by atoms with Crippen LogP contribution in [0.25, 0.3) is 0 Å². The largest absolute Gasteiger partial charge is 0.377 e. The van der Waals surface area contributed by atoms with Gasteiger partial charge in [-0.05, 0) is 6.16 Å². The summed E-state index contributed by atoms with van der Waals surface area (Å²) in [6, 6.07) is 0. The zero-order valence-electron chi connectivity index (χ0n) is 3.35. The standard InChI is InChI=1S/C3H7O2P/c4-2-1-3-6-5/h2,5-6H,1,3H2. The lowest BCUT2D eigenvalue weighted by Crippen LogP contribution is -1.73. The van der Waals surface area contributed by atoms with Gasteiger partial charge in [0.25, 0.3) is 0 Å². The summed E-state index contributed by atoms with van der Waals surface area (Å²) in [4.78, 5) is 17.5. The first-order valence-electron chi connectivity index (χ1n) is 1.72. The molecule has 0 aliphatic carbocycles. The molecular weight excluding hydrogens is 99.0 g/mol. The average molecular weight is 106 g/mol. The van der Waals surface area contributed by atoms with Crippen LogP contribution in [0.4, 0.5) is 0 Å². The zero-order valence-corrected chi connectivity index (χ0v) is 4.35. The summed E-state index contributed by atoms with van der Waals surface area (Å²) < 4.78 is 0. The lowest BCUT2D eigenvalue weighted by molar-refractivity contribution is -0.107. The van der Waals surface area contributed by atoms with Gasteiger partial charge in [0, 0.05) is 15.2 Å². The summed E-state index contributed by atoms with van der Waals surface area (Å²) in [5.41, 5.74) is 0. The molecule has 0 amide bonds. The van der Waals surface area contributed by atoms with Crippen LogP contribution in [0, 0.1) is 0 Å². The molecule has 0 rings (SSSR count). The molecule has 3 heteroatoms. The van der Waals surface area contributed by atoms with E-state index in [1.807, 2.05) is 0 Å². The van der Waals surface area contributed by atoms with Gasteiger partial charge >= 0.3 is 0 Å². The third kappa shape index (κ3) is 4.06. The van der Waals surface area contributed by atoms with Crippen molar-refractivity contribution in [2.75, 3.05) is 6.16 Å². The SMILES string of the molecule is O=CCCPO. The molecule has 6 heavy (non-hydrogen) atoms. The monoisotopic (exact) mass is 106 g/mol. The first-order valence-corrected chi connectivity index (χ1v) is 2.88. The molecule has 2 nitrogen and oxygen atoms in total. The van der Waals surface area contributed by atoms with Crippen molar-refractivity contribution >= 4 is 15.1 Å². The fourth-order valence-corrected chi connectivity index (χ4v) is 0.370. The van der Waals surface area contributed by atoms with Crippen LogP contribution in [-0.4, -0.2) is 17.3 Å². The Morgan fingerprint density at radius 2 is 2.50 bits per heavy atom. The van der Waals surface area contributed by atoms with E-state index in [4.69, 9.17) is 4.89 Å². The Hall–Kier alpha value is 0.0600. The molecule has 0 bridgehead atoms. The zero-order chi connectivity index (χ0) is 4.83. The highest BCUT2D eigenvalue weighted by atomic mass is 31.1. The Morgan fingerprint density at radius 3 is 2.67 bits per heavy atom. The summed E-state index contributed by atoms with van der Waals surface area (Å²) in [5.74, 6) is 0. The van der Waals surface area contributed by atoms with Crippen LogP contribution in [-0.2, 0) is 4.79 Å². The molecule has 0 aliphatic heterocycles. The van der Waals surface area contributed by atoms with Crippen molar-refractivity contribution in [1.82, 2.24) is 0 Å². The van der Waals surface area contributed by atoms with E-state index in [9.17, 15) is 4.79 Å². The molecule has 0 aromatic rings. The van der Waals surface area contributed by atoms with Crippen LogP contribution in [0.15, 0.2) is 0 Å². The maximum absolute atomic E-state index is 9.46. The first-order chi connectivity index (χ1) is 2.91. The second-order valence-corrected chi connectivity index (χ2v) is 1.68. The van der Waals surface area contributed by atoms with Crippen molar-refractivity contribution in [3.05, 3.63) is 0 Å². The second kappa shape index (κ2) is 5.06. The lowest BCUT2D eigenvalue weighted by Gasteiger charge is -1.79. The van der Waals surface area contributed by atoms with Gasteiger partial charge in [-0.1, -0.05) is 0 Å². The molecule has 0 fully saturated rings. The van der Waals surface area contributed by atoms with Crippen LogP contribution >= 0.6 is 8.81 Å². The maximum atomic E-state index is 9.46. The number of aldehydes is 1. The topological polar surface area (TPSA) is 37.3 Å². The van der Waals surface area contributed by atoms with Crippen molar-refractivity contribution in [3.63, 3.8) is 0 Å². The van der Waals surface area contributed by atoms with E-state index < -0.39 is 0 Å². The number of hydrogen-bond acceptors (Lipinski definition) is 2. The van der Waals surface area contributed by atoms with Gasteiger partial charge < -0.3 is 9.69 Å². The molecule has 0 spiro atoms. The van der Waals surface area contributed by atoms with E-state index >= 15 is 0 Å². The first kappa shape index (κ1) is 6.06. The van der Waals surface area contributed by atoms with Crippen LogP contribution in [0.1, 0.15) is 6.42 Å². The summed E-state index contributed by atoms with van der Waals surface area (Å²) in [6.45, 7) is 0. The number of carbonyl (C=O) groups is 1. The van der Waals surface area contributed by atoms with Gasteiger partial charge in [0.05, 0.1) is 0 Å². The summed E-state index contributed by atoms with van der Waals surface area (Å²) in [7, 11) is -0.0667. The molecule has 36 valence electrons. The molecule has 0 aromatic carbocycles. The smallest absolute Gasteiger partial charge is 0.120 e. The van der Waals surface area contributed by atoms with Gasteiger partial charge in [0.15, 0.2) is 0 Å². The van der Waals surface area contributed by atoms with E-state index in [-0.39, 0.29) is 8.81 Å². The molecule has 0 saturated carbocycles. The molecule has 1 N–H and O–H groups in total. The highest BCUT2D eigenvalue weighted by Gasteiger charge is 1.76. The van der Waals surface area contributed by atoms with Gasteiger partial charge in [-0.3, -0.25) is 0 Å². The Bertz CT molecular complexity index is 37.8. The molecule has 0 saturated heterocycles. The Kier molecular flexibility index (Phi) is 5.11. The van der Waals surface area contributed by atoms with Gasteiger partial charge in [0.2, 0.25) is 0 Å². The predicted molar refractivity (Wildman–Crippen MR) is 26.1 cm³/mol. The fraction of sp³-hybridized carbons (Fsp3) is 0.667. The molecular formula is C3H7O2P. The quantitative estimate of drug-likeness (QED) is 0.316. The second-order valence-electron chi connectivity index (χ2n) is 0.863. The van der Waals surface area contributed by atoms with Crippen molar-refractivity contribution < 1.29 is 9.69 Å². The van der Waals surface area contributed by atoms with E-state index in [0.717, 1.165) is 6.29 Å². The average Bonchev–Trinajstić information content (AvgIpc) is 1.61. The normalized spacial score (nSPS) is 10.2. The maximum Gasteiger partial charge on any atom is 0.120 e. The molecule has 0 aliphatic rings. The number of carbonyl (C=O) groups excluding carboxylic acids is 1. The summed E-state index contributed by atoms with van der Waals surface area (Å²) in [5, 5.41) is 0. The molecule has 1 atom stereocenters. The minimum absolute atomic E-state index is 0.0667. The van der Waals surface area contributed by atoms with Crippen LogP contribution in [0.5, 0.6) is 0 Å². The minimum atomic E-state index is -0.0667. The van der Waals surface area contributed by atoms with E-state index in [2.05, 4.69) is 0 Å². The van der Waals surface area contributed by atoms with Gasteiger partial charge in [-0.25, -0.2) is 0 Å². The van der Waals surface area contributed by atoms with Crippen LogP contribution < -0.4 is 0 Å². The number of rotatable bonds is 3. The third-order valence-corrected chi connectivity index (χ3v) is 0.886. The fourth-order valence-electron chi connectivity index (χ4n) is 0.123. The molecule has 1 unspecified atom stereocenters. The third-order valence-electron chi connectivity index (χ3n) is 0.374. The lowest BCUT2D eigenvalue weighted by atomic mass is 10.6. The Morgan fingerprint density at radius 1 is 1.83 bits per heavy atom. The molecule has 0 aromatic heterocycles. The highest BCUT2D eigenvalue weighted by Crippen LogP contribution is 1.99. The van der Waals surface area contributed by atoms with Crippen molar-refractivity contribution in [2.24, 2.45) is 0 Å². The van der Waals surface area contributed by atoms with E-state index in [0.29, 0.717) is 12.6 Å². The molecule has 0 heterocycles. The highest BCUT2D eigenvalue weighted by molar-refractivity contribution is 7.31. The van der Waals surface area contributed by atoms with Crippen LogP contribution in [0.3, 0.4) is 0 Å². The Labute approximate surface area is 38.4 Å². The predicted octanol–water partition coefficient (Wildman–Crippen LogP) is 0.161. The van der Waals surface area contributed by atoms with Gasteiger partial charge in [-0.15, -0.1) is 0 Å². The van der Waals surface area contributed by atoms with Crippen molar-refractivity contribution in [3.8, 4) is 0 Å². The van der Waals surface area contributed by atoms with E-state index in [1.165, 1.54) is 0 Å². The van der Waals surface area contributed by atoms with E-state index in [1.54, 1.807) is 0 Å². The molecule has 0 radical (unpaired) electrons. The summed E-state index contributed by atoms with van der Waals surface area (Å²) in [6.07, 6.45) is 1.93. The Balaban J connectivity index is 2.49. The number of hydrogen-bond donors (Lipinski definition) is 1. The van der Waals surface area contributed by atoms with Gasteiger partial charge in [-0.2, -0.15) is 0 Å². The minimum Gasteiger partial charge on any atom is -0.377 e. The van der Waals surface area contributed by atoms with Gasteiger partial charge in [0.1, 0.15) is 6.29 Å². The van der Waals surface area contributed by atoms with Crippen LogP contribution in [0.2, 0.25) is 0 Å². The summed E-state index contributed by atoms with van der Waals surface area (Å²) >= 11 is 0. The van der Waals surface area contributed by atoms with Crippen molar-refractivity contribution in [2.45, 2.75) is 6.42 Å². The van der Waals surface area contributed by atoms with Crippen molar-refractivity contribution in [1.29, 1.82) is 0 Å².